The minimum atomic E-state index is -3.63. The smallest absolute Gasteiger partial charge is 0.290 e. The van der Waals surface area contributed by atoms with Crippen LogP contribution in [0.4, 0.5) is 0 Å². The molecule has 0 atom stereocenters. The molecule has 0 saturated heterocycles. The number of imidazole rings is 1. The molecule has 9 nitrogen and oxygen atoms in total. The second-order valence-corrected chi connectivity index (χ2v) is 8.38. The number of sulfonamides is 1. The Hall–Kier alpha value is -3.76. The van der Waals surface area contributed by atoms with Crippen molar-refractivity contribution in [3.05, 3.63) is 89.8 Å². The van der Waals surface area contributed by atoms with Gasteiger partial charge in [-0.05, 0) is 43.3 Å². The van der Waals surface area contributed by atoms with Gasteiger partial charge in [0.25, 0.3) is 5.91 Å². The fourth-order valence-electron chi connectivity index (χ4n) is 3.00. The molecule has 0 spiro atoms. The Morgan fingerprint density at radius 2 is 1.90 bits per heavy atom. The van der Waals surface area contributed by atoms with E-state index < -0.39 is 15.9 Å². The van der Waals surface area contributed by atoms with E-state index in [0.717, 1.165) is 0 Å². The minimum Gasteiger partial charge on any atom is -0.459 e. The van der Waals surface area contributed by atoms with E-state index in [4.69, 9.17) is 4.42 Å². The summed E-state index contributed by atoms with van der Waals surface area (Å²) in [5.74, 6) is 0.365. The van der Waals surface area contributed by atoms with Gasteiger partial charge in [0, 0.05) is 6.20 Å². The predicted molar refractivity (Wildman–Crippen MR) is 114 cm³/mol. The van der Waals surface area contributed by atoms with E-state index in [9.17, 15) is 13.2 Å². The van der Waals surface area contributed by atoms with Gasteiger partial charge in [-0.2, -0.15) is 5.10 Å². The van der Waals surface area contributed by atoms with Crippen molar-refractivity contribution in [3.8, 4) is 0 Å². The first-order valence-corrected chi connectivity index (χ1v) is 10.8. The number of hydrazone groups is 1. The van der Waals surface area contributed by atoms with Crippen molar-refractivity contribution in [2.45, 2.75) is 18.4 Å². The SMILES string of the molecule is Cc1nc2ccccn2c1C(=O)NN=Cc1ccc(CNS(=O)(=O)c2ccccc2)o1. The third-order valence-electron chi connectivity index (χ3n) is 4.45. The molecule has 0 saturated carbocycles. The van der Waals surface area contributed by atoms with Gasteiger partial charge in [0.05, 0.1) is 23.3 Å². The van der Waals surface area contributed by atoms with Crippen molar-refractivity contribution in [1.82, 2.24) is 19.5 Å². The third-order valence-corrected chi connectivity index (χ3v) is 5.87. The number of nitrogens with zero attached hydrogens (tertiary/aromatic N) is 3. The molecule has 3 heterocycles. The Labute approximate surface area is 178 Å². The zero-order valence-corrected chi connectivity index (χ0v) is 17.3. The largest absolute Gasteiger partial charge is 0.459 e. The maximum Gasteiger partial charge on any atom is 0.290 e. The second kappa shape index (κ2) is 8.54. The van der Waals surface area contributed by atoms with Crippen LogP contribution in [-0.2, 0) is 16.6 Å². The fraction of sp³-hybridized carbons (Fsp3) is 0.0952. The van der Waals surface area contributed by atoms with Crippen molar-refractivity contribution in [2.75, 3.05) is 0 Å². The number of fused-ring (bicyclic) bond motifs is 1. The van der Waals surface area contributed by atoms with Gasteiger partial charge in [0.15, 0.2) is 0 Å². The van der Waals surface area contributed by atoms with Gasteiger partial charge in [-0.25, -0.2) is 23.5 Å². The van der Waals surface area contributed by atoms with Crippen LogP contribution in [-0.4, -0.2) is 29.9 Å². The van der Waals surface area contributed by atoms with Gasteiger partial charge in [0.2, 0.25) is 10.0 Å². The van der Waals surface area contributed by atoms with Crippen LogP contribution in [0.15, 0.2) is 81.3 Å². The van der Waals surface area contributed by atoms with E-state index >= 15 is 0 Å². The zero-order valence-electron chi connectivity index (χ0n) is 16.5. The minimum absolute atomic E-state index is 0.0154. The van der Waals surface area contributed by atoms with Crippen molar-refractivity contribution in [3.63, 3.8) is 0 Å². The zero-order chi connectivity index (χ0) is 21.8. The molecule has 3 aromatic heterocycles. The highest BCUT2D eigenvalue weighted by atomic mass is 32.2. The van der Waals surface area contributed by atoms with Crippen molar-refractivity contribution >= 4 is 27.8 Å². The van der Waals surface area contributed by atoms with Gasteiger partial charge in [-0.1, -0.05) is 24.3 Å². The Bertz CT molecular complexity index is 1360. The van der Waals surface area contributed by atoms with E-state index in [1.54, 1.807) is 47.9 Å². The summed E-state index contributed by atoms with van der Waals surface area (Å²) in [6, 6.07) is 16.8. The standard InChI is InChI=1S/C21H19N5O4S/c1-15-20(26-12-6-5-9-19(26)24-15)21(27)25-22-13-16-10-11-17(30-16)14-23-31(28,29)18-7-3-2-4-8-18/h2-13,23H,14H2,1H3,(H,25,27). The number of hydrogen-bond donors (Lipinski definition) is 2. The number of furan rings is 1. The lowest BCUT2D eigenvalue weighted by molar-refractivity contribution is 0.0948. The van der Waals surface area contributed by atoms with E-state index in [0.29, 0.717) is 28.6 Å². The van der Waals surface area contributed by atoms with Gasteiger partial charge in [-0.15, -0.1) is 0 Å². The van der Waals surface area contributed by atoms with Crippen LogP contribution in [0.5, 0.6) is 0 Å². The number of carbonyl (C=O) groups excluding carboxylic acids is 1. The van der Waals surface area contributed by atoms with Gasteiger partial charge in [-0.3, -0.25) is 9.20 Å². The molecule has 158 valence electrons. The number of aryl methyl sites for hydroxylation is 1. The Kier molecular flexibility index (Phi) is 5.65. The lowest BCUT2D eigenvalue weighted by Gasteiger charge is -2.04. The molecule has 0 unspecified atom stereocenters. The quantitative estimate of drug-likeness (QED) is 0.340. The highest BCUT2D eigenvalue weighted by Crippen LogP contribution is 2.12. The molecule has 2 N–H and O–H groups in total. The molecule has 31 heavy (non-hydrogen) atoms. The summed E-state index contributed by atoms with van der Waals surface area (Å²) in [6.07, 6.45) is 3.09. The lowest BCUT2D eigenvalue weighted by atomic mass is 10.3. The van der Waals surface area contributed by atoms with Gasteiger partial charge < -0.3 is 4.42 Å². The highest BCUT2D eigenvalue weighted by Gasteiger charge is 2.16. The van der Waals surface area contributed by atoms with Gasteiger partial charge in [0.1, 0.15) is 22.9 Å². The average Bonchev–Trinajstić information content (AvgIpc) is 3.36. The first-order valence-electron chi connectivity index (χ1n) is 9.34. The van der Waals surface area contributed by atoms with Crippen molar-refractivity contribution in [1.29, 1.82) is 0 Å². The number of benzene rings is 1. The monoisotopic (exact) mass is 437 g/mol. The summed E-state index contributed by atoms with van der Waals surface area (Å²) in [6.45, 7) is 1.74. The number of rotatable bonds is 7. The van der Waals surface area contributed by atoms with E-state index in [-0.39, 0.29) is 11.4 Å². The third kappa shape index (κ3) is 4.55. The molecule has 10 heteroatoms. The summed E-state index contributed by atoms with van der Waals surface area (Å²) in [4.78, 5) is 17.0. The van der Waals surface area contributed by atoms with Crippen molar-refractivity contribution < 1.29 is 17.6 Å². The normalized spacial score (nSPS) is 11.9. The number of carbonyl (C=O) groups is 1. The van der Waals surface area contributed by atoms with E-state index in [1.165, 1.54) is 18.3 Å². The lowest BCUT2D eigenvalue weighted by Crippen LogP contribution is -2.22. The second-order valence-electron chi connectivity index (χ2n) is 6.62. The number of nitrogens with one attached hydrogen (secondary N) is 2. The maximum atomic E-state index is 12.5. The Morgan fingerprint density at radius 3 is 2.71 bits per heavy atom. The molecule has 0 aliphatic rings. The molecular weight excluding hydrogens is 418 g/mol. The number of amides is 1. The molecular formula is C21H19N5O4S. The van der Waals surface area contributed by atoms with E-state index in [1.807, 2.05) is 18.2 Å². The summed E-state index contributed by atoms with van der Waals surface area (Å²) in [5, 5.41) is 3.92. The summed E-state index contributed by atoms with van der Waals surface area (Å²) in [7, 11) is -3.63. The summed E-state index contributed by atoms with van der Waals surface area (Å²) in [5.41, 5.74) is 4.10. The molecule has 0 bridgehead atoms. The molecule has 4 aromatic rings. The Balaban J connectivity index is 1.37. The van der Waals surface area contributed by atoms with Crippen LogP contribution in [0, 0.1) is 6.92 Å². The van der Waals surface area contributed by atoms with Crippen LogP contribution in [0.2, 0.25) is 0 Å². The molecule has 0 aliphatic carbocycles. The van der Waals surface area contributed by atoms with E-state index in [2.05, 4.69) is 20.2 Å². The van der Waals surface area contributed by atoms with Gasteiger partial charge >= 0.3 is 0 Å². The molecule has 0 fully saturated rings. The van der Waals surface area contributed by atoms with Crippen LogP contribution in [0.1, 0.15) is 27.7 Å². The predicted octanol–water partition coefficient (Wildman–Crippen LogP) is 2.48. The van der Waals surface area contributed by atoms with Crippen LogP contribution in [0.3, 0.4) is 0 Å². The molecule has 4 rings (SSSR count). The molecule has 0 aliphatic heterocycles. The molecule has 0 radical (unpaired) electrons. The first-order chi connectivity index (χ1) is 14.9. The molecule has 1 aromatic carbocycles. The topological polar surface area (TPSA) is 118 Å². The molecule has 1 amide bonds. The summed E-state index contributed by atoms with van der Waals surface area (Å²) >= 11 is 0. The maximum absolute atomic E-state index is 12.5. The number of pyridine rings is 1. The first kappa shape index (κ1) is 20.5. The van der Waals surface area contributed by atoms with Crippen molar-refractivity contribution in [2.24, 2.45) is 5.10 Å². The van der Waals surface area contributed by atoms with Crippen LogP contribution >= 0.6 is 0 Å². The summed E-state index contributed by atoms with van der Waals surface area (Å²) < 4.78 is 34.2. The Morgan fingerprint density at radius 1 is 1.13 bits per heavy atom. The highest BCUT2D eigenvalue weighted by molar-refractivity contribution is 7.89. The average molecular weight is 437 g/mol. The van der Waals surface area contributed by atoms with Crippen LogP contribution in [0.25, 0.3) is 5.65 Å². The van der Waals surface area contributed by atoms with Crippen LogP contribution < -0.4 is 10.1 Å². The fourth-order valence-corrected chi connectivity index (χ4v) is 4.02. The number of aromatic nitrogens is 2. The number of hydrogen-bond acceptors (Lipinski definition) is 6.